The molecule has 0 unspecified atom stereocenters. The molecule has 0 saturated carbocycles. The van der Waals surface area contributed by atoms with Gasteiger partial charge in [-0.1, -0.05) is 6.92 Å². The number of nitrogens with one attached hydrogen (secondary N) is 2. The van der Waals surface area contributed by atoms with Gasteiger partial charge >= 0.3 is 0 Å². The molecule has 18 heavy (non-hydrogen) atoms. The fraction of sp³-hybridized carbons (Fsp3) is 0.333. The van der Waals surface area contributed by atoms with E-state index in [1.54, 1.807) is 18.6 Å². The van der Waals surface area contributed by atoms with Gasteiger partial charge in [0, 0.05) is 12.7 Å². The van der Waals surface area contributed by atoms with Gasteiger partial charge in [0.1, 0.15) is 18.0 Å². The van der Waals surface area contributed by atoms with Crippen LogP contribution in [0.4, 0.5) is 11.6 Å². The number of nitrogens with zero attached hydrogens (tertiary/aromatic N) is 4. The molecule has 94 valence electrons. The van der Waals surface area contributed by atoms with Crippen molar-refractivity contribution >= 4 is 11.6 Å². The molecule has 0 fully saturated rings. The molecule has 2 N–H and O–H groups in total. The summed E-state index contributed by atoms with van der Waals surface area (Å²) in [5.41, 5.74) is 0.915. The van der Waals surface area contributed by atoms with Crippen molar-refractivity contribution < 1.29 is 0 Å². The van der Waals surface area contributed by atoms with E-state index in [2.05, 4.69) is 37.5 Å². The van der Waals surface area contributed by atoms with E-state index in [4.69, 9.17) is 0 Å². The normalized spacial score (nSPS) is 10.1. The minimum Gasteiger partial charge on any atom is -0.369 e. The summed E-state index contributed by atoms with van der Waals surface area (Å²) in [6.07, 6.45) is 7.71. The third-order valence-corrected chi connectivity index (χ3v) is 2.28. The number of hydrogen-bond donors (Lipinski definition) is 2. The minimum atomic E-state index is 0.606. The Hall–Kier alpha value is -2.24. The monoisotopic (exact) mass is 244 g/mol. The molecule has 0 amide bonds. The lowest BCUT2D eigenvalue weighted by molar-refractivity contribution is 0.957. The standard InChI is InChI=1S/C12H16N6/c1-2-4-15-11-7-14-8-12(18-11)16-6-10-3-5-13-9-17-10/h3,5,7-9H,2,4,6H2,1H3,(H2,15,16,18). The average molecular weight is 244 g/mol. The van der Waals surface area contributed by atoms with Gasteiger partial charge in [0.15, 0.2) is 0 Å². The fourth-order valence-corrected chi connectivity index (χ4v) is 1.39. The second-order valence-corrected chi connectivity index (χ2v) is 3.77. The molecule has 0 spiro atoms. The molecule has 0 aliphatic heterocycles. The molecule has 0 atom stereocenters. The summed E-state index contributed by atoms with van der Waals surface area (Å²) in [6.45, 7) is 3.61. The van der Waals surface area contributed by atoms with Gasteiger partial charge in [-0.05, 0) is 12.5 Å². The first-order chi connectivity index (χ1) is 8.88. The first-order valence-corrected chi connectivity index (χ1v) is 5.93. The highest BCUT2D eigenvalue weighted by Gasteiger charge is 1.98. The maximum absolute atomic E-state index is 4.40. The first kappa shape index (κ1) is 12.2. The highest BCUT2D eigenvalue weighted by atomic mass is 15.1. The summed E-state index contributed by atoms with van der Waals surface area (Å²) in [5.74, 6) is 1.51. The summed E-state index contributed by atoms with van der Waals surface area (Å²) in [5, 5.41) is 6.37. The summed E-state index contributed by atoms with van der Waals surface area (Å²) >= 11 is 0. The molecule has 6 heteroatoms. The molecule has 6 nitrogen and oxygen atoms in total. The van der Waals surface area contributed by atoms with E-state index in [1.165, 1.54) is 6.33 Å². The second-order valence-electron chi connectivity index (χ2n) is 3.77. The summed E-state index contributed by atoms with van der Waals surface area (Å²) in [6, 6.07) is 1.86. The maximum atomic E-state index is 4.40. The highest BCUT2D eigenvalue weighted by molar-refractivity contribution is 5.41. The maximum Gasteiger partial charge on any atom is 0.147 e. The lowest BCUT2D eigenvalue weighted by atomic mass is 10.4. The summed E-state index contributed by atoms with van der Waals surface area (Å²) < 4.78 is 0. The molecule has 0 saturated heterocycles. The third kappa shape index (κ3) is 3.65. The zero-order chi connectivity index (χ0) is 12.6. The van der Waals surface area contributed by atoms with Crippen molar-refractivity contribution in [2.45, 2.75) is 19.9 Å². The number of hydrogen-bond acceptors (Lipinski definition) is 6. The van der Waals surface area contributed by atoms with E-state index >= 15 is 0 Å². The van der Waals surface area contributed by atoms with Gasteiger partial charge in [0.05, 0.1) is 24.6 Å². The van der Waals surface area contributed by atoms with Crippen LogP contribution in [0.3, 0.4) is 0 Å². The molecule has 0 aliphatic carbocycles. The molecule has 0 aromatic carbocycles. The smallest absolute Gasteiger partial charge is 0.147 e. The summed E-state index contributed by atoms with van der Waals surface area (Å²) in [4.78, 5) is 16.5. The Morgan fingerprint density at radius 2 is 1.94 bits per heavy atom. The molecule has 2 rings (SSSR count). The predicted octanol–water partition coefficient (Wildman–Crippen LogP) is 1.70. The van der Waals surface area contributed by atoms with Gasteiger partial charge in [-0.3, -0.25) is 4.98 Å². The van der Waals surface area contributed by atoms with Crippen LogP contribution in [0.25, 0.3) is 0 Å². The van der Waals surface area contributed by atoms with Gasteiger partial charge in [0.25, 0.3) is 0 Å². The molecule has 2 aromatic heterocycles. The topological polar surface area (TPSA) is 75.6 Å². The number of rotatable bonds is 6. The molecule has 2 heterocycles. The van der Waals surface area contributed by atoms with Gasteiger partial charge in [0.2, 0.25) is 0 Å². The van der Waals surface area contributed by atoms with Crippen LogP contribution in [-0.4, -0.2) is 26.5 Å². The van der Waals surface area contributed by atoms with Crippen molar-refractivity contribution in [3.05, 3.63) is 36.7 Å². The molecule has 0 radical (unpaired) electrons. The van der Waals surface area contributed by atoms with Crippen LogP contribution < -0.4 is 10.6 Å². The van der Waals surface area contributed by atoms with E-state index < -0.39 is 0 Å². The minimum absolute atomic E-state index is 0.606. The van der Waals surface area contributed by atoms with Crippen molar-refractivity contribution in [3.63, 3.8) is 0 Å². The third-order valence-electron chi connectivity index (χ3n) is 2.28. The Morgan fingerprint density at radius 3 is 2.67 bits per heavy atom. The molecule has 0 bridgehead atoms. The number of aromatic nitrogens is 4. The molecule has 0 aliphatic rings. The Labute approximate surface area is 106 Å². The Morgan fingerprint density at radius 1 is 1.11 bits per heavy atom. The van der Waals surface area contributed by atoms with Crippen LogP contribution in [-0.2, 0) is 6.54 Å². The Bertz CT molecular complexity index is 473. The first-order valence-electron chi connectivity index (χ1n) is 5.93. The van der Waals surface area contributed by atoms with Crippen LogP contribution in [0.15, 0.2) is 31.0 Å². The molecule has 2 aromatic rings. The van der Waals surface area contributed by atoms with Gasteiger partial charge in [-0.15, -0.1) is 0 Å². The zero-order valence-corrected chi connectivity index (χ0v) is 10.3. The average Bonchev–Trinajstić information content (AvgIpc) is 2.44. The van der Waals surface area contributed by atoms with Crippen molar-refractivity contribution in [1.82, 2.24) is 19.9 Å². The SMILES string of the molecule is CCCNc1cncc(NCc2ccncn2)n1. The fourth-order valence-electron chi connectivity index (χ4n) is 1.39. The second kappa shape index (κ2) is 6.48. The van der Waals surface area contributed by atoms with Gasteiger partial charge < -0.3 is 10.6 Å². The van der Waals surface area contributed by atoms with Crippen LogP contribution in [0.1, 0.15) is 19.0 Å². The zero-order valence-electron chi connectivity index (χ0n) is 10.3. The van der Waals surface area contributed by atoms with Gasteiger partial charge in [-0.25, -0.2) is 15.0 Å². The van der Waals surface area contributed by atoms with Gasteiger partial charge in [-0.2, -0.15) is 0 Å². The highest BCUT2D eigenvalue weighted by Crippen LogP contribution is 2.07. The van der Waals surface area contributed by atoms with Crippen LogP contribution in [0.2, 0.25) is 0 Å². The Balaban J connectivity index is 1.93. The van der Waals surface area contributed by atoms with Crippen molar-refractivity contribution in [1.29, 1.82) is 0 Å². The van der Waals surface area contributed by atoms with Crippen LogP contribution in [0, 0.1) is 0 Å². The largest absolute Gasteiger partial charge is 0.369 e. The van der Waals surface area contributed by atoms with E-state index in [-0.39, 0.29) is 0 Å². The lowest BCUT2D eigenvalue weighted by Crippen LogP contribution is -2.07. The number of anilines is 2. The van der Waals surface area contributed by atoms with Crippen molar-refractivity contribution in [2.75, 3.05) is 17.2 Å². The van der Waals surface area contributed by atoms with Crippen molar-refractivity contribution in [2.24, 2.45) is 0 Å². The molecular weight excluding hydrogens is 228 g/mol. The van der Waals surface area contributed by atoms with E-state index in [0.717, 1.165) is 30.3 Å². The van der Waals surface area contributed by atoms with E-state index in [0.29, 0.717) is 6.54 Å². The summed E-state index contributed by atoms with van der Waals surface area (Å²) in [7, 11) is 0. The van der Waals surface area contributed by atoms with E-state index in [1.807, 2.05) is 6.07 Å². The van der Waals surface area contributed by atoms with Crippen LogP contribution >= 0.6 is 0 Å². The predicted molar refractivity (Wildman–Crippen MR) is 70.2 cm³/mol. The quantitative estimate of drug-likeness (QED) is 0.805. The lowest BCUT2D eigenvalue weighted by Gasteiger charge is -2.07. The molecular formula is C12H16N6. The van der Waals surface area contributed by atoms with Crippen molar-refractivity contribution in [3.8, 4) is 0 Å². The van der Waals surface area contributed by atoms with Crippen LogP contribution in [0.5, 0.6) is 0 Å². The van der Waals surface area contributed by atoms with E-state index in [9.17, 15) is 0 Å². The Kier molecular flexibility index (Phi) is 4.40.